The van der Waals surface area contributed by atoms with Crippen LogP contribution in [0.15, 0.2) is 30.3 Å². The molecule has 108 valence electrons. The molecule has 1 atom stereocenters. The molecule has 1 heterocycles. The van der Waals surface area contributed by atoms with Crippen molar-refractivity contribution in [1.82, 2.24) is 10.2 Å². The van der Waals surface area contributed by atoms with Crippen LogP contribution in [0, 0.1) is 0 Å². The molecule has 20 heavy (non-hydrogen) atoms. The number of benzene rings is 1. The van der Waals surface area contributed by atoms with Crippen molar-refractivity contribution in [1.29, 1.82) is 0 Å². The Hall–Kier alpha value is -2.08. The number of nitrogens with one attached hydrogen (secondary N) is 1. The van der Waals surface area contributed by atoms with E-state index >= 15 is 0 Å². The largest absolute Gasteiger partial charge is 0.492 e. The summed E-state index contributed by atoms with van der Waals surface area (Å²) in [6.45, 7) is 1.42. The zero-order valence-electron chi connectivity index (χ0n) is 11.2. The van der Waals surface area contributed by atoms with Crippen LogP contribution in [0.3, 0.4) is 0 Å². The predicted octanol–water partition coefficient (Wildman–Crippen LogP) is -0.259. The molecule has 0 aliphatic carbocycles. The smallest absolute Gasteiger partial charge is 0.234 e. The van der Waals surface area contributed by atoms with Crippen molar-refractivity contribution < 1.29 is 14.3 Å². The summed E-state index contributed by atoms with van der Waals surface area (Å²) in [7, 11) is 0. The number of carbonyl (C=O) groups is 2. The highest BCUT2D eigenvalue weighted by Gasteiger charge is 2.29. The molecule has 1 aromatic carbocycles. The molecule has 1 aromatic rings. The lowest BCUT2D eigenvalue weighted by Gasteiger charge is -2.17. The number of nitrogens with zero attached hydrogens (tertiary/aromatic N) is 1. The van der Waals surface area contributed by atoms with E-state index in [1.165, 1.54) is 0 Å². The Morgan fingerprint density at radius 2 is 2.15 bits per heavy atom. The summed E-state index contributed by atoms with van der Waals surface area (Å²) in [5, 5.41) is 2.73. The first-order valence-corrected chi connectivity index (χ1v) is 6.64. The van der Waals surface area contributed by atoms with Gasteiger partial charge in [-0.15, -0.1) is 0 Å². The Labute approximate surface area is 117 Å². The molecule has 0 aromatic heterocycles. The van der Waals surface area contributed by atoms with Gasteiger partial charge in [0.1, 0.15) is 12.4 Å². The van der Waals surface area contributed by atoms with E-state index in [2.05, 4.69) is 5.32 Å². The van der Waals surface area contributed by atoms with Gasteiger partial charge >= 0.3 is 0 Å². The second-order valence-corrected chi connectivity index (χ2v) is 4.67. The molecule has 0 saturated carbocycles. The van der Waals surface area contributed by atoms with E-state index in [0.717, 1.165) is 5.75 Å². The van der Waals surface area contributed by atoms with Crippen LogP contribution in [0.2, 0.25) is 0 Å². The molecule has 0 bridgehead atoms. The molecular formula is C14H19N3O3. The second-order valence-electron chi connectivity index (χ2n) is 4.67. The molecule has 1 fully saturated rings. The van der Waals surface area contributed by atoms with Gasteiger partial charge in [0.15, 0.2) is 0 Å². The highest BCUT2D eigenvalue weighted by molar-refractivity contribution is 5.82. The fourth-order valence-corrected chi connectivity index (χ4v) is 2.16. The third kappa shape index (κ3) is 3.96. The molecular weight excluding hydrogens is 258 g/mol. The monoisotopic (exact) mass is 277 g/mol. The van der Waals surface area contributed by atoms with Crippen molar-refractivity contribution in [3.63, 3.8) is 0 Å². The number of hydrogen-bond donors (Lipinski definition) is 2. The van der Waals surface area contributed by atoms with Crippen molar-refractivity contribution in [3.05, 3.63) is 30.3 Å². The van der Waals surface area contributed by atoms with E-state index in [1.54, 1.807) is 4.90 Å². The summed E-state index contributed by atoms with van der Waals surface area (Å²) in [5.41, 5.74) is 5.23. The van der Waals surface area contributed by atoms with Gasteiger partial charge in [0.25, 0.3) is 0 Å². The van der Waals surface area contributed by atoms with Gasteiger partial charge in [-0.1, -0.05) is 18.2 Å². The number of rotatable bonds is 6. The van der Waals surface area contributed by atoms with Gasteiger partial charge < -0.3 is 20.7 Å². The van der Waals surface area contributed by atoms with Crippen LogP contribution in [0.5, 0.6) is 5.75 Å². The maximum atomic E-state index is 11.8. The molecule has 1 aliphatic rings. The van der Waals surface area contributed by atoms with E-state index in [1.807, 2.05) is 30.3 Å². The van der Waals surface area contributed by atoms with E-state index in [9.17, 15) is 9.59 Å². The van der Waals surface area contributed by atoms with Gasteiger partial charge in [0, 0.05) is 13.0 Å². The van der Waals surface area contributed by atoms with Gasteiger partial charge in [-0.3, -0.25) is 9.59 Å². The number of amides is 2. The topological polar surface area (TPSA) is 84.7 Å². The second kappa shape index (κ2) is 6.91. The number of ether oxygens (including phenoxy) is 1. The van der Waals surface area contributed by atoms with Crippen molar-refractivity contribution >= 4 is 11.8 Å². The zero-order valence-corrected chi connectivity index (χ0v) is 11.2. The third-order valence-corrected chi connectivity index (χ3v) is 3.14. The minimum Gasteiger partial charge on any atom is -0.492 e. The van der Waals surface area contributed by atoms with Crippen LogP contribution in [-0.2, 0) is 9.59 Å². The molecule has 3 N–H and O–H groups in total. The van der Waals surface area contributed by atoms with E-state index < -0.39 is 0 Å². The van der Waals surface area contributed by atoms with Gasteiger partial charge in [-0.25, -0.2) is 0 Å². The summed E-state index contributed by atoms with van der Waals surface area (Å²) < 4.78 is 5.55. The Kier molecular flexibility index (Phi) is 4.95. The highest BCUT2D eigenvalue weighted by Crippen LogP contribution is 2.12. The Balaban J connectivity index is 1.73. The number of nitrogens with two attached hydrogens (primary N) is 1. The number of hydrogen-bond acceptors (Lipinski definition) is 4. The lowest BCUT2D eigenvalue weighted by Crippen LogP contribution is -2.40. The van der Waals surface area contributed by atoms with Crippen molar-refractivity contribution in [2.45, 2.75) is 12.5 Å². The fourth-order valence-electron chi connectivity index (χ4n) is 2.16. The van der Waals surface area contributed by atoms with Crippen molar-refractivity contribution in [2.24, 2.45) is 5.73 Å². The average molecular weight is 277 g/mol. The molecule has 2 rings (SSSR count). The van der Waals surface area contributed by atoms with Gasteiger partial charge in [-0.2, -0.15) is 0 Å². The van der Waals surface area contributed by atoms with Gasteiger partial charge in [0.05, 0.1) is 19.1 Å². The molecule has 0 radical (unpaired) electrons. The van der Waals surface area contributed by atoms with E-state index in [4.69, 9.17) is 10.5 Å². The molecule has 1 unspecified atom stereocenters. The maximum absolute atomic E-state index is 11.8. The quantitative estimate of drug-likeness (QED) is 0.750. The fraction of sp³-hybridized carbons (Fsp3) is 0.429. The lowest BCUT2D eigenvalue weighted by atomic mass is 10.2. The van der Waals surface area contributed by atoms with Crippen LogP contribution < -0.4 is 15.8 Å². The van der Waals surface area contributed by atoms with Gasteiger partial charge in [0.2, 0.25) is 11.8 Å². The predicted molar refractivity (Wildman–Crippen MR) is 74.1 cm³/mol. The molecule has 2 amide bonds. The Bertz CT molecular complexity index is 464. The van der Waals surface area contributed by atoms with Gasteiger partial charge in [-0.05, 0) is 12.1 Å². The molecule has 1 saturated heterocycles. The third-order valence-electron chi connectivity index (χ3n) is 3.14. The van der Waals surface area contributed by atoms with Crippen LogP contribution in [0.25, 0.3) is 0 Å². The first-order valence-electron chi connectivity index (χ1n) is 6.64. The summed E-state index contributed by atoms with van der Waals surface area (Å²) in [6.07, 6.45) is 0.330. The molecule has 6 heteroatoms. The van der Waals surface area contributed by atoms with Crippen LogP contribution in [0.4, 0.5) is 0 Å². The number of para-hydroxylation sites is 1. The minimum atomic E-state index is -0.231. The Morgan fingerprint density at radius 3 is 2.85 bits per heavy atom. The van der Waals surface area contributed by atoms with E-state index in [-0.39, 0.29) is 24.4 Å². The number of carbonyl (C=O) groups excluding carboxylic acids is 2. The minimum absolute atomic E-state index is 0.0315. The summed E-state index contributed by atoms with van der Waals surface area (Å²) in [4.78, 5) is 24.7. The summed E-state index contributed by atoms with van der Waals surface area (Å²) in [5.74, 6) is 0.585. The highest BCUT2D eigenvalue weighted by atomic mass is 16.5. The molecule has 0 spiro atoms. The van der Waals surface area contributed by atoms with Crippen LogP contribution in [-0.4, -0.2) is 49.0 Å². The summed E-state index contributed by atoms with van der Waals surface area (Å²) >= 11 is 0. The SMILES string of the molecule is NCC(=O)NC1CC(=O)N(CCOc2ccccc2)C1. The number of likely N-dealkylation sites (tertiary alicyclic amines) is 1. The molecule has 6 nitrogen and oxygen atoms in total. The standard InChI is InChI=1S/C14H19N3O3/c15-9-13(18)16-11-8-14(19)17(10-11)6-7-20-12-4-2-1-3-5-12/h1-5,11H,6-10,15H2,(H,16,18). The van der Waals surface area contributed by atoms with Crippen LogP contribution >= 0.6 is 0 Å². The first-order chi connectivity index (χ1) is 9.69. The maximum Gasteiger partial charge on any atom is 0.234 e. The molecule has 1 aliphatic heterocycles. The van der Waals surface area contributed by atoms with Crippen molar-refractivity contribution in [2.75, 3.05) is 26.2 Å². The average Bonchev–Trinajstić information content (AvgIpc) is 2.80. The Morgan fingerprint density at radius 1 is 1.40 bits per heavy atom. The normalized spacial score (nSPS) is 18.1. The zero-order chi connectivity index (χ0) is 14.4. The van der Waals surface area contributed by atoms with Crippen molar-refractivity contribution in [3.8, 4) is 5.75 Å². The summed E-state index contributed by atoms with van der Waals surface area (Å²) in [6, 6.07) is 9.31. The van der Waals surface area contributed by atoms with E-state index in [0.29, 0.717) is 26.1 Å². The first kappa shape index (κ1) is 14.3. The van der Waals surface area contributed by atoms with Crippen LogP contribution in [0.1, 0.15) is 6.42 Å². The lowest BCUT2D eigenvalue weighted by molar-refractivity contribution is -0.128.